The fraction of sp³-hybridized carbons (Fsp3) is 0.222. The molecule has 0 aromatic heterocycles. The van der Waals surface area contributed by atoms with Crippen molar-refractivity contribution in [1.82, 2.24) is 5.32 Å². The molecule has 122 valence electrons. The molecule has 0 fully saturated rings. The number of halogens is 1. The number of hydrogen-bond acceptors (Lipinski definition) is 3. The van der Waals surface area contributed by atoms with E-state index in [0.717, 1.165) is 24.0 Å². The molecule has 2 N–H and O–H groups in total. The number of fused-ring (bicyclic) bond motifs is 2. The molecule has 1 aliphatic carbocycles. The first-order valence-electron chi connectivity index (χ1n) is 7.76. The highest BCUT2D eigenvalue weighted by Crippen LogP contribution is 2.32. The summed E-state index contributed by atoms with van der Waals surface area (Å²) in [6.45, 7) is -0.0199. The molecule has 1 atom stereocenters. The number of benzene rings is 2. The molecule has 2 aliphatic rings. The number of ether oxygens (including phenoxy) is 1. The molecule has 0 saturated carbocycles. The number of carbonyl (C=O) groups excluding carboxylic acids is 2. The Bertz CT molecular complexity index is 850. The fourth-order valence-corrected chi connectivity index (χ4v) is 3.20. The maximum atomic E-state index is 13.3. The van der Waals surface area contributed by atoms with Crippen molar-refractivity contribution in [3.8, 4) is 5.75 Å². The zero-order valence-corrected chi connectivity index (χ0v) is 12.8. The predicted molar refractivity (Wildman–Crippen MR) is 85.5 cm³/mol. The molecular weight excluding hydrogens is 311 g/mol. The summed E-state index contributed by atoms with van der Waals surface area (Å²) in [7, 11) is 0. The van der Waals surface area contributed by atoms with Crippen LogP contribution in [0.2, 0.25) is 0 Å². The van der Waals surface area contributed by atoms with Crippen molar-refractivity contribution in [3.05, 3.63) is 58.9 Å². The Balaban J connectivity index is 1.54. The van der Waals surface area contributed by atoms with E-state index >= 15 is 0 Å². The second-order valence-electron chi connectivity index (χ2n) is 5.96. The molecule has 1 heterocycles. The largest absolute Gasteiger partial charge is 0.482 e. The molecule has 2 amide bonds. The lowest BCUT2D eigenvalue weighted by atomic mass is 10.1. The third-order valence-electron chi connectivity index (χ3n) is 4.36. The average molecular weight is 326 g/mol. The first-order valence-corrected chi connectivity index (χ1v) is 7.76. The third-order valence-corrected chi connectivity index (χ3v) is 4.36. The number of anilines is 1. The summed E-state index contributed by atoms with van der Waals surface area (Å²) in [6.07, 6.45) is 1.49. The second-order valence-corrected chi connectivity index (χ2v) is 5.96. The zero-order valence-electron chi connectivity index (χ0n) is 12.8. The molecule has 6 heteroatoms. The van der Waals surface area contributed by atoms with E-state index in [2.05, 4.69) is 10.6 Å². The topological polar surface area (TPSA) is 67.4 Å². The lowest BCUT2D eigenvalue weighted by molar-refractivity contribution is -0.118. The van der Waals surface area contributed by atoms with Crippen LogP contribution >= 0.6 is 0 Å². The Morgan fingerprint density at radius 3 is 3.00 bits per heavy atom. The van der Waals surface area contributed by atoms with E-state index < -0.39 is 0 Å². The molecular formula is C18H15FN2O3. The van der Waals surface area contributed by atoms with Crippen molar-refractivity contribution in [3.63, 3.8) is 0 Å². The summed E-state index contributed by atoms with van der Waals surface area (Å²) in [5.74, 6) is -0.189. The number of hydrogen-bond donors (Lipinski definition) is 2. The molecule has 2 aromatic rings. The van der Waals surface area contributed by atoms with Crippen LogP contribution in [-0.2, 0) is 11.2 Å². The van der Waals surface area contributed by atoms with Crippen LogP contribution in [0.4, 0.5) is 10.1 Å². The van der Waals surface area contributed by atoms with Crippen LogP contribution in [0.3, 0.4) is 0 Å². The monoisotopic (exact) mass is 326 g/mol. The normalized spacial score (nSPS) is 18.2. The van der Waals surface area contributed by atoms with Gasteiger partial charge in [-0.25, -0.2) is 4.39 Å². The summed E-state index contributed by atoms with van der Waals surface area (Å²) in [4.78, 5) is 23.9. The van der Waals surface area contributed by atoms with Crippen molar-refractivity contribution >= 4 is 17.5 Å². The Hall–Kier alpha value is -2.89. The zero-order chi connectivity index (χ0) is 16.7. The second kappa shape index (κ2) is 5.63. The minimum absolute atomic E-state index is 0.0199. The lowest BCUT2D eigenvalue weighted by Gasteiger charge is -2.19. The molecule has 1 aliphatic heterocycles. The summed E-state index contributed by atoms with van der Waals surface area (Å²) in [6, 6.07) is 9.46. The van der Waals surface area contributed by atoms with Crippen LogP contribution in [0, 0.1) is 5.82 Å². The Morgan fingerprint density at radius 1 is 1.25 bits per heavy atom. The van der Waals surface area contributed by atoms with Crippen molar-refractivity contribution in [2.24, 2.45) is 0 Å². The molecule has 2 aromatic carbocycles. The van der Waals surface area contributed by atoms with Gasteiger partial charge in [-0.15, -0.1) is 0 Å². The van der Waals surface area contributed by atoms with Crippen molar-refractivity contribution in [2.45, 2.75) is 18.9 Å². The van der Waals surface area contributed by atoms with Crippen LogP contribution in [0.25, 0.3) is 0 Å². The molecule has 24 heavy (non-hydrogen) atoms. The van der Waals surface area contributed by atoms with Crippen molar-refractivity contribution in [1.29, 1.82) is 0 Å². The first-order chi connectivity index (χ1) is 11.6. The van der Waals surface area contributed by atoms with E-state index in [0.29, 0.717) is 17.0 Å². The summed E-state index contributed by atoms with van der Waals surface area (Å²) in [5, 5.41) is 5.66. The van der Waals surface area contributed by atoms with E-state index in [9.17, 15) is 14.0 Å². The highest BCUT2D eigenvalue weighted by atomic mass is 19.1. The van der Waals surface area contributed by atoms with E-state index in [-0.39, 0.29) is 30.3 Å². The molecule has 4 rings (SSSR count). The fourth-order valence-electron chi connectivity index (χ4n) is 3.20. The van der Waals surface area contributed by atoms with Crippen LogP contribution in [0.1, 0.15) is 33.9 Å². The molecule has 5 nitrogen and oxygen atoms in total. The maximum Gasteiger partial charge on any atom is 0.262 e. The lowest BCUT2D eigenvalue weighted by Crippen LogP contribution is -2.28. The molecule has 1 unspecified atom stereocenters. The smallest absolute Gasteiger partial charge is 0.262 e. The minimum Gasteiger partial charge on any atom is -0.482 e. The Morgan fingerprint density at radius 2 is 2.12 bits per heavy atom. The number of amides is 2. The summed E-state index contributed by atoms with van der Waals surface area (Å²) < 4.78 is 18.6. The number of nitrogens with one attached hydrogen (secondary N) is 2. The Kier molecular flexibility index (Phi) is 3.45. The van der Waals surface area contributed by atoms with Gasteiger partial charge in [-0.3, -0.25) is 9.59 Å². The quantitative estimate of drug-likeness (QED) is 0.891. The van der Waals surface area contributed by atoms with Crippen LogP contribution < -0.4 is 15.4 Å². The van der Waals surface area contributed by atoms with Gasteiger partial charge in [-0.05, 0) is 54.3 Å². The van der Waals surface area contributed by atoms with E-state index in [4.69, 9.17) is 4.74 Å². The van der Waals surface area contributed by atoms with Gasteiger partial charge in [-0.1, -0.05) is 6.07 Å². The van der Waals surface area contributed by atoms with Gasteiger partial charge in [-0.2, -0.15) is 0 Å². The van der Waals surface area contributed by atoms with Gasteiger partial charge in [0.2, 0.25) is 0 Å². The van der Waals surface area contributed by atoms with Gasteiger partial charge in [0, 0.05) is 5.56 Å². The Labute approximate surface area is 137 Å². The first kappa shape index (κ1) is 14.7. The van der Waals surface area contributed by atoms with Crippen LogP contribution in [-0.4, -0.2) is 18.4 Å². The minimum atomic E-state index is -0.258. The van der Waals surface area contributed by atoms with E-state index in [1.165, 1.54) is 12.1 Å². The van der Waals surface area contributed by atoms with Gasteiger partial charge in [0.25, 0.3) is 11.8 Å². The highest BCUT2D eigenvalue weighted by Gasteiger charge is 2.25. The van der Waals surface area contributed by atoms with Crippen molar-refractivity contribution in [2.75, 3.05) is 11.9 Å². The summed E-state index contributed by atoms with van der Waals surface area (Å²) in [5.41, 5.74) is 2.83. The van der Waals surface area contributed by atoms with Crippen LogP contribution in [0.5, 0.6) is 5.75 Å². The number of rotatable bonds is 2. The maximum absolute atomic E-state index is 13.3. The van der Waals surface area contributed by atoms with E-state index in [1.807, 2.05) is 0 Å². The molecule has 0 radical (unpaired) electrons. The molecule has 0 saturated heterocycles. The highest BCUT2D eigenvalue weighted by molar-refractivity contribution is 6.00. The molecule has 0 bridgehead atoms. The van der Waals surface area contributed by atoms with Gasteiger partial charge >= 0.3 is 0 Å². The van der Waals surface area contributed by atoms with Gasteiger partial charge in [0.05, 0.1) is 11.7 Å². The van der Waals surface area contributed by atoms with Gasteiger partial charge < -0.3 is 15.4 Å². The summed E-state index contributed by atoms with van der Waals surface area (Å²) >= 11 is 0. The molecule has 0 spiro atoms. The third kappa shape index (κ3) is 2.60. The van der Waals surface area contributed by atoms with E-state index in [1.54, 1.807) is 24.3 Å². The standard InChI is InChI=1S/C18H15FN2O3/c19-12-3-4-13-10(7-12)1-5-14(13)21-18(23)11-2-6-16-15(8-11)20-17(22)9-24-16/h2-4,6-8,14H,1,5,9H2,(H,20,22)(H,21,23). The average Bonchev–Trinajstić information content (AvgIpc) is 2.96. The van der Waals surface area contributed by atoms with Gasteiger partial charge in [0.1, 0.15) is 11.6 Å². The predicted octanol–water partition coefficient (Wildman–Crippen LogP) is 2.57. The van der Waals surface area contributed by atoms with Crippen molar-refractivity contribution < 1.29 is 18.7 Å². The number of aryl methyl sites for hydroxylation is 1. The SMILES string of the molecule is O=C1COc2ccc(C(=O)NC3CCc4cc(F)ccc43)cc2N1. The van der Waals surface area contributed by atoms with Gasteiger partial charge in [0.15, 0.2) is 6.61 Å². The van der Waals surface area contributed by atoms with Crippen LogP contribution in [0.15, 0.2) is 36.4 Å². The number of carbonyl (C=O) groups is 2.